The Balaban J connectivity index is 1.58. The van der Waals surface area contributed by atoms with Crippen molar-refractivity contribution >= 4 is 11.9 Å². The van der Waals surface area contributed by atoms with Gasteiger partial charge in [0.05, 0.1) is 19.8 Å². The van der Waals surface area contributed by atoms with E-state index in [2.05, 4.69) is 0 Å². The van der Waals surface area contributed by atoms with Crippen molar-refractivity contribution < 1.29 is 33.3 Å². The molecule has 0 unspecified atom stereocenters. The van der Waals surface area contributed by atoms with Crippen LogP contribution >= 0.6 is 0 Å². The van der Waals surface area contributed by atoms with Gasteiger partial charge in [-0.05, 0) is 16.7 Å². The number of ether oxygens (including phenoxy) is 5. The zero-order valence-corrected chi connectivity index (χ0v) is 19.4. The molecule has 1 aliphatic heterocycles. The first-order chi connectivity index (χ1) is 17.1. The number of hydrogen-bond acceptors (Lipinski definition) is 7. The summed E-state index contributed by atoms with van der Waals surface area (Å²) >= 11 is 0. The maximum absolute atomic E-state index is 13.0. The van der Waals surface area contributed by atoms with E-state index in [4.69, 9.17) is 23.7 Å². The molecule has 0 bridgehead atoms. The fourth-order valence-electron chi connectivity index (χ4n) is 3.78. The fourth-order valence-corrected chi connectivity index (χ4v) is 3.78. The Labute approximate surface area is 204 Å². The second-order valence-corrected chi connectivity index (χ2v) is 8.15. The van der Waals surface area contributed by atoms with E-state index < -0.39 is 36.5 Å². The highest BCUT2D eigenvalue weighted by molar-refractivity contribution is 5.77. The highest BCUT2D eigenvalue weighted by Crippen LogP contribution is 2.28. The Bertz CT molecular complexity index is 1070. The van der Waals surface area contributed by atoms with Crippen LogP contribution in [0.5, 0.6) is 0 Å². The molecule has 1 aliphatic rings. The molecule has 1 saturated heterocycles. The SMILES string of the molecule is CC(=O)O[C@@H]1OC(=O)[C@H](OCc2ccccc2)[C@@H](OCc2ccccc2)[C@H]1OCc1ccccc1. The van der Waals surface area contributed by atoms with Gasteiger partial charge >= 0.3 is 11.9 Å². The lowest BCUT2D eigenvalue weighted by atomic mass is 10.0. The number of esters is 2. The molecular weight excluding hydrogens is 448 g/mol. The van der Waals surface area contributed by atoms with Crippen LogP contribution in [0.15, 0.2) is 91.0 Å². The van der Waals surface area contributed by atoms with Gasteiger partial charge < -0.3 is 23.7 Å². The summed E-state index contributed by atoms with van der Waals surface area (Å²) < 4.78 is 29.1. The summed E-state index contributed by atoms with van der Waals surface area (Å²) in [6.45, 7) is 1.84. The van der Waals surface area contributed by atoms with E-state index >= 15 is 0 Å². The van der Waals surface area contributed by atoms with Crippen molar-refractivity contribution in [2.24, 2.45) is 0 Å². The lowest BCUT2D eigenvalue weighted by molar-refractivity contribution is -0.274. The Morgan fingerprint density at radius 1 is 0.686 bits per heavy atom. The van der Waals surface area contributed by atoms with E-state index in [9.17, 15) is 9.59 Å². The summed E-state index contributed by atoms with van der Waals surface area (Å²) in [5, 5.41) is 0. The molecule has 3 aromatic carbocycles. The van der Waals surface area contributed by atoms with E-state index in [0.717, 1.165) is 16.7 Å². The zero-order valence-electron chi connectivity index (χ0n) is 19.4. The third-order valence-corrected chi connectivity index (χ3v) is 5.48. The molecule has 3 aromatic rings. The van der Waals surface area contributed by atoms with Crippen molar-refractivity contribution in [3.05, 3.63) is 108 Å². The normalized spacial score (nSPS) is 21.8. The molecule has 0 amide bonds. The second-order valence-electron chi connectivity index (χ2n) is 8.15. The predicted molar refractivity (Wildman–Crippen MR) is 127 cm³/mol. The van der Waals surface area contributed by atoms with Crippen molar-refractivity contribution in [1.82, 2.24) is 0 Å². The summed E-state index contributed by atoms with van der Waals surface area (Å²) in [4.78, 5) is 24.8. The highest BCUT2D eigenvalue weighted by Gasteiger charge is 2.50. The molecule has 0 aromatic heterocycles. The van der Waals surface area contributed by atoms with Crippen LogP contribution in [-0.2, 0) is 53.1 Å². The minimum absolute atomic E-state index is 0.176. The molecule has 0 saturated carbocycles. The van der Waals surface area contributed by atoms with Gasteiger partial charge in [0, 0.05) is 6.92 Å². The molecule has 7 heteroatoms. The standard InChI is InChI=1S/C28H28O7/c1-20(29)34-28-26(33-19-23-15-9-4-10-16-23)24(31-17-21-11-5-2-6-12-21)25(27(30)35-28)32-18-22-13-7-3-8-14-22/h2-16,24-26,28H,17-19H2,1H3/t24-,25-,26-,28-/m1/s1. The number of cyclic esters (lactones) is 1. The van der Waals surface area contributed by atoms with Gasteiger partial charge in [-0.2, -0.15) is 0 Å². The topological polar surface area (TPSA) is 80.3 Å². The van der Waals surface area contributed by atoms with Crippen LogP contribution in [0.2, 0.25) is 0 Å². The second kappa shape index (κ2) is 12.3. The summed E-state index contributed by atoms with van der Waals surface area (Å²) in [5.41, 5.74) is 2.72. The van der Waals surface area contributed by atoms with Gasteiger partial charge in [-0.15, -0.1) is 0 Å². The Kier molecular flexibility index (Phi) is 8.62. The van der Waals surface area contributed by atoms with Gasteiger partial charge in [0.25, 0.3) is 6.29 Å². The number of carbonyl (C=O) groups is 2. The van der Waals surface area contributed by atoms with E-state index in [1.807, 2.05) is 91.0 Å². The van der Waals surface area contributed by atoms with Crippen molar-refractivity contribution in [1.29, 1.82) is 0 Å². The smallest absolute Gasteiger partial charge is 0.341 e. The lowest BCUT2D eigenvalue weighted by Gasteiger charge is -2.40. The first kappa shape index (κ1) is 24.6. The molecule has 0 spiro atoms. The zero-order chi connectivity index (χ0) is 24.5. The first-order valence-corrected chi connectivity index (χ1v) is 11.4. The molecule has 4 atom stereocenters. The van der Waals surface area contributed by atoms with Crippen LogP contribution < -0.4 is 0 Å². The van der Waals surface area contributed by atoms with Gasteiger partial charge in [0.15, 0.2) is 12.2 Å². The van der Waals surface area contributed by atoms with E-state index in [-0.39, 0.29) is 19.8 Å². The number of hydrogen-bond donors (Lipinski definition) is 0. The van der Waals surface area contributed by atoms with Crippen LogP contribution in [0, 0.1) is 0 Å². The van der Waals surface area contributed by atoms with Crippen LogP contribution in [0.25, 0.3) is 0 Å². The quantitative estimate of drug-likeness (QED) is 0.406. The average molecular weight is 477 g/mol. The fraction of sp³-hybridized carbons (Fsp3) is 0.286. The molecule has 0 radical (unpaired) electrons. The number of benzene rings is 3. The molecule has 0 aliphatic carbocycles. The predicted octanol–water partition coefficient (Wildman–Crippen LogP) is 4.19. The molecule has 0 N–H and O–H groups in total. The van der Waals surface area contributed by atoms with Gasteiger partial charge in [-0.1, -0.05) is 91.0 Å². The van der Waals surface area contributed by atoms with E-state index in [0.29, 0.717) is 0 Å². The molecule has 4 rings (SSSR count). The Morgan fingerprint density at radius 3 is 1.57 bits per heavy atom. The number of rotatable bonds is 10. The lowest BCUT2D eigenvalue weighted by Crippen LogP contribution is -2.59. The van der Waals surface area contributed by atoms with Crippen molar-refractivity contribution in [2.75, 3.05) is 0 Å². The Hall–Kier alpha value is -3.52. The van der Waals surface area contributed by atoms with Crippen molar-refractivity contribution in [3.8, 4) is 0 Å². The maximum atomic E-state index is 13.0. The van der Waals surface area contributed by atoms with Crippen LogP contribution in [0.1, 0.15) is 23.6 Å². The third-order valence-electron chi connectivity index (χ3n) is 5.48. The third kappa shape index (κ3) is 6.99. The van der Waals surface area contributed by atoms with Gasteiger partial charge in [0.2, 0.25) is 0 Å². The van der Waals surface area contributed by atoms with Crippen LogP contribution in [0.4, 0.5) is 0 Å². The van der Waals surface area contributed by atoms with Gasteiger partial charge in [0.1, 0.15) is 6.10 Å². The Morgan fingerprint density at radius 2 is 1.11 bits per heavy atom. The van der Waals surface area contributed by atoms with Crippen LogP contribution in [0.3, 0.4) is 0 Å². The molecule has 1 heterocycles. The minimum atomic E-state index is -1.26. The minimum Gasteiger partial charge on any atom is -0.422 e. The van der Waals surface area contributed by atoms with E-state index in [1.165, 1.54) is 6.92 Å². The summed E-state index contributed by atoms with van der Waals surface area (Å²) in [7, 11) is 0. The number of carbonyl (C=O) groups excluding carboxylic acids is 2. The first-order valence-electron chi connectivity index (χ1n) is 11.4. The summed E-state index contributed by atoms with van der Waals surface area (Å²) in [6, 6.07) is 28.6. The average Bonchev–Trinajstić information content (AvgIpc) is 2.88. The molecule has 35 heavy (non-hydrogen) atoms. The van der Waals surface area contributed by atoms with Gasteiger partial charge in [-0.3, -0.25) is 4.79 Å². The maximum Gasteiger partial charge on any atom is 0.341 e. The molecule has 182 valence electrons. The summed E-state index contributed by atoms with van der Waals surface area (Å²) in [6.07, 6.45) is -4.12. The summed E-state index contributed by atoms with van der Waals surface area (Å²) in [5.74, 6) is -1.27. The van der Waals surface area contributed by atoms with Crippen molar-refractivity contribution in [3.63, 3.8) is 0 Å². The highest BCUT2D eigenvalue weighted by atomic mass is 16.7. The van der Waals surface area contributed by atoms with E-state index in [1.54, 1.807) is 0 Å². The molecule has 7 nitrogen and oxygen atoms in total. The van der Waals surface area contributed by atoms with Gasteiger partial charge in [-0.25, -0.2) is 4.79 Å². The largest absolute Gasteiger partial charge is 0.422 e. The molecule has 1 fully saturated rings. The molecular formula is C28H28O7. The van der Waals surface area contributed by atoms with Crippen LogP contribution in [-0.4, -0.2) is 36.5 Å². The monoisotopic (exact) mass is 476 g/mol. The van der Waals surface area contributed by atoms with Crippen molar-refractivity contribution in [2.45, 2.75) is 51.3 Å².